The molecular formula is C78H52B2N4SSe. The van der Waals surface area contributed by atoms with Gasteiger partial charge in [0.05, 0.1) is 0 Å². The molecule has 4 nitrogen and oxygen atoms in total. The van der Waals surface area contributed by atoms with Crippen LogP contribution in [0, 0.1) is 0 Å². The first-order valence-electron chi connectivity index (χ1n) is 29.5. The molecule has 17 rings (SSSR count). The molecule has 0 spiro atoms. The van der Waals surface area contributed by atoms with Gasteiger partial charge in [-0.25, -0.2) is 0 Å². The van der Waals surface area contributed by atoms with Crippen LogP contribution in [0.1, 0.15) is 0 Å². The van der Waals surface area contributed by atoms with Crippen LogP contribution in [0.3, 0.4) is 0 Å². The fraction of sp³-hybridized carbons (Fsp3) is 0. The molecule has 4 aliphatic rings. The van der Waals surface area contributed by atoms with E-state index in [4.69, 9.17) is 0 Å². The molecule has 402 valence electrons. The molecule has 13 aromatic carbocycles. The summed E-state index contributed by atoms with van der Waals surface area (Å²) in [4.78, 5) is 12.6. The summed E-state index contributed by atoms with van der Waals surface area (Å²) in [6.45, 7) is -0.152. The molecule has 8 heteroatoms. The van der Waals surface area contributed by atoms with Crippen LogP contribution in [0.2, 0.25) is 0 Å². The molecule has 0 aliphatic carbocycles. The summed E-state index contributed by atoms with van der Waals surface area (Å²) in [5, 5.41) is 0. The van der Waals surface area contributed by atoms with E-state index in [1.807, 2.05) is 11.8 Å². The number of para-hydroxylation sites is 8. The van der Waals surface area contributed by atoms with Gasteiger partial charge in [0.2, 0.25) is 0 Å². The first kappa shape index (κ1) is 50.6. The second kappa shape index (κ2) is 21.0. The van der Waals surface area contributed by atoms with Gasteiger partial charge in [-0.1, -0.05) is 0 Å². The monoisotopic (exact) mass is 1180 g/mol. The molecule has 0 aromatic heterocycles. The van der Waals surface area contributed by atoms with Gasteiger partial charge in [0.1, 0.15) is 0 Å². The zero-order valence-electron chi connectivity index (χ0n) is 46.8. The molecule has 0 saturated carbocycles. The van der Waals surface area contributed by atoms with Crippen LogP contribution in [0.25, 0.3) is 22.3 Å². The molecule has 0 bridgehead atoms. The van der Waals surface area contributed by atoms with Crippen molar-refractivity contribution in [3.05, 3.63) is 315 Å². The minimum atomic E-state index is -0.187. The van der Waals surface area contributed by atoms with E-state index in [9.17, 15) is 0 Å². The number of hydrogen-bond donors (Lipinski definition) is 0. The summed E-state index contributed by atoms with van der Waals surface area (Å²) >= 11 is 1.79. The van der Waals surface area contributed by atoms with Gasteiger partial charge in [-0.15, -0.1) is 0 Å². The van der Waals surface area contributed by atoms with Gasteiger partial charge >= 0.3 is 517 Å². The number of rotatable bonds is 10. The van der Waals surface area contributed by atoms with E-state index in [0.29, 0.717) is 0 Å². The molecule has 13 aromatic rings. The Kier molecular flexibility index (Phi) is 12.3. The van der Waals surface area contributed by atoms with E-state index in [1.54, 1.807) is 0 Å². The van der Waals surface area contributed by atoms with Gasteiger partial charge in [-0.2, -0.15) is 0 Å². The van der Waals surface area contributed by atoms with Gasteiger partial charge in [-0.05, 0) is 0 Å². The maximum absolute atomic E-state index is 2.70. The minimum absolute atomic E-state index is 0.0659. The Labute approximate surface area is 513 Å². The van der Waals surface area contributed by atoms with Crippen LogP contribution < -0.4 is 61.3 Å². The molecule has 0 unspecified atom stereocenters. The van der Waals surface area contributed by atoms with E-state index < -0.39 is 0 Å². The van der Waals surface area contributed by atoms with Crippen LogP contribution in [0.5, 0.6) is 0 Å². The molecule has 0 saturated heterocycles. The quantitative estimate of drug-likeness (QED) is 0.126. The Morgan fingerprint density at radius 2 is 0.721 bits per heavy atom. The van der Waals surface area contributed by atoms with Gasteiger partial charge in [0.15, 0.2) is 0 Å². The van der Waals surface area contributed by atoms with Crippen molar-refractivity contribution in [2.24, 2.45) is 0 Å². The second-order valence-electron chi connectivity index (χ2n) is 22.3. The Bertz CT molecular complexity index is 4400. The third kappa shape index (κ3) is 8.24. The van der Waals surface area contributed by atoms with E-state index in [0.717, 1.165) is 45.5 Å². The van der Waals surface area contributed by atoms with Gasteiger partial charge in [0.25, 0.3) is 0 Å². The average molecular weight is 1180 g/mol. The predicted molar refractivity (Wildman–Crippen MR) is 367 cm³/mol. The average Bonchev–Trinajstić information content (AvgIpc) is 0.719. The summed E-state index contributed by atoms with van der Waals surface area (Å²) < 4.78 is 2.83. The molecule has 0 amide bonds. The van der Waals surface area contributed by atoms with Gasteiger partial charge in [-0.3, -0.25) is 0 Å². The summed E-state index contributed by atoms with van der Waals surface area (Å²) in [6.07, 6.45) is 0. The first-order valence-corrected chi connectivity index (χ1v) is 32.0. The first-order chi connectivity index (χ1) is 42.7. The Morgan fingerprint density at radius 3 is 1.23 bits per heavy atom. The normalized spacial score (nSPS) is 12.9. The zero-order valence-corrected chi connectivity index (χ0v) is 49.3. The van der Waals surface area contributed by atoms with E-state index in [-0.39, 0.29) is 28.4 Å². The van der Waals surface area contributed by atoms with Crippen LogP contribution in [0.15, 0.2) is 325 Å². The summed E-state index contributed by atoms with van der Waals surface area (Å²) in [5.41, 5.74) is 26.9. The maximum atomic E-state index is 2.70. The third-order valence-corrected chi connectivity index (χ3v) is 21.2. The van der Waals surface area contributed by atoms with Gasteiger partial charge < -0.3 is 0 Å². The number of benzene rings is 13. The Morgan fingerprint density at radius 1 is 0.314 bits per heavy atom. The number of nitrogens with zero attached hydrogens (tertiary/aromatic N) is 4. The fourth-order valence-corrected chi connectivity index (χ4v) is 18.2. The predicted octanol–water partition coefficient (Wildman–Crippen LogP) is 15.0. The summed E-state index contributed by atoms with van der Waals surface area (Å²) in [5.74, 6) is 0. The van der Waals surface area contributed by atoms with Crippen molar-refractivity contribution in [1.82, 2.24) is 0 Å². The molecule has 4 heterocycles. The number of hydrogen-bond acceptors (Lipinski definition) is 5. The van der Waals surface area contributed by atoms with Crippen molar-refractivity contribution in [2.45, 2.75) is 9.79 Å². The number of fused-ring (bicyclic) bond motifs is 8. The molecule has 4 aliphatic heterocycles. The fourth-order valence-electron chi connectivity index (χ4n) is 13.9. The van der Waals surface area contributed by atoms with Crippen LogP contribution >= 0.6 is 11.8 Å². The van der Waals surface area contributed by atoms with Crippen molar-refractivity contribution in [2.75, 3.05) is 19.6 Å². The standard InChI is InChI=1S/C78H52B2N4SSe/c1-8-28-53(29-9-1)62-42-22-23-43-63(62)74-77-66(79-64-44-24-26-46-68(64)83(58-38-18-6-19-39-58)70-48-60(50-72(85-77)75(70)79)81(54-30-10-2-11-31-54)55-32-12-3-13-33-55)52-67-78(74)86-73-51-61(82(56-34-14-4-15-35-56)57-36-16-5-17-37-57)49-71-76(73)80(67)65-45-25-27-47-69(65)84(71)59-40-20-7-21-41-59/h1-52H. The van der Waals surface area contributed by atoms with Crippen LogP contribution in [-0.4, -0.2) is 28.4 Å². The molecule has 0 fully saturated rings. The number of anilines is 12. The van der Waals surface area contributed by atoms with Crippen LogP contribution in [0.4, 0.5) is 68.2 Å². The van der Waals surface area contributed by atoms with E-state index in [1.165, 1.54) is 96.5 Å². The van der Waals surface area contributed by atoms with Crippen molar-refractivity contribution in [3.63, 3.8) is 0 Å². The van der Waals surface area contributed by atoms with Crippen molar-refractivity contribution < 1.29 is 0 Å². The van der Waals surface area contributed by atoms with Crippen LogP contribution in [-0.2, 0) is 0 Å². The van der Waals surface area contributed by atoms with Crippen molar-refractivity contribution in [3.8, 4) is 22.3 Å². The molecule has 86 heavy (non-hydrogen) atoms. The Hall–Kier alpha value is -9.94. The molecule has 0 atom stereocenters. The molecule has 0 N–H and O–H groups in total. The zero-order chi connectivity index (χ0) is 56.7. The van der Waals surface area contributed by atoms with E-state index >= 15 is 0 Å². The third-order valence-electron chi connectivity index (χ3n) is 17.5. The molecule has 0 radical (unpaired) electrons. The summed E-state index contributed by atoms with van der Waals surface area (Å²) in [6, 6.07) is 117. The van der Waals surface area contributed by atoms with Crippen molar-refractivity contribution in [1.29, 1.82) is 0 Å². The SMILES string of the molecule is c1ccc(-c2ccccc2-c2c3c(cc4c2[Se]c2cc(N(c5ccccc5)c5ccccc5)cc5c2B4c2ccccc2N5c2ccccc2)B2c4ccccc4N(c4ccccc4)c4cc(N(c5ccccc5)c5ccccc5)cc(c42)S3)cc1. The van der Waals surface area contributed by atoms with E-state index in [2.05, 4.69) is 335 Å². The van der Waals surface area contributed by atoms with Gasteiger partial charge in [0, 0.05) is 0 Å². The van der Waals surface area contributed by atoms with Crippen molar-refractivity contribution >= 4 is 150 Å². The second-order valence-corrected chi connectivity index (χ2v) is 25.6. The summed E-state index contributed by atoms with van der Waals surface area (Å²) in [7, 11) is 0. The topological polar surface area (TPSA) is 13.0 Å². The Balaban J connectivity index is 0.984. The molecular weight excluding hydrogens is 1130 g/mol.